The number of halogens is 1. The van der Waals surface area contributed by atoms with Gasteiger partial charge >= 0.3 is 225 Å². The summed E-state index contributed by atoms with van der Waals surface area (Å²) in [6.07, 6.45) is 3.62. The van der Waals surface area contributed by atoms with Crippen LogP contribution in [0.5, 0.6) is 11.5 Å². The molecule has 3 aromatic rings. The van der Waals surface area contributed by atoms with Crippen LogP contribution in [-0.4, -0.2) is 54.6 Å². The summed E-state index contributed by atoms with van der Waals surface area (Å²) in [6, 6.07) is 20.1. The molecule has 0 bridgehead atoms. The number of aliphatic imine (C=N–C) groups is 2. The van der Waals surface area contributed by atoms with Crippen LogP contribution in [0.15, 0.2) is 70.6 Å². The minimum absolute atomic E-state index is 0.683. The monoisotopic (exact) mass is 560 g/mol. The molecule has 0 fully saturated rings. The van der Waals surface area contributed by atoms with Crippen LogP contribution in [0.1, 0.15) is 38.8 Å². The first-order chi connectivity index (χ1) is 17.6. The third kappa shape index (κ3) is 6.09. The van der Waals surface area contributed by atoms with Gasteiger partial charge in [-0.3, -0.25) is 0 Å². The van der Waals surface area contributed by atoms with Gasteiger partial charge in [-0.15, -0.1) is 0 Å². The average Bonchev–Trinajstić information content (AvgIpc) is 2.90. The molecule has 8 heteroatoms. The van der Waals surface area contributed by atoms with Crippen LogP contribution in [0.3, 0.4) is 0 Å². The van der Waals surface area contributed by atoms with Crippen molar-refractivity contribution in [3.63, 3.8) is 0 Å². The van der Waals surface area contributed by atoms with Crippen LogP contribution in [0, 0.1) is 0 Å². The van der Waals surface area contributed by atoms with E-state index in [2.05, 4.69) is 49.6 Å². The number of hydrogen-bond donors (Lipinski definition) is 0. The normalized spacial score (nSPS) is 12.6. The molecule has 0 saturated heterocycles. The maximum atomic E-state index is 6.83. The molecule has 0 saturated carbocycles. The summed E-state index contributed by atoms with van der Waals surface area (Å²) in [7, 11) is 6.83. The summed E-state index contributed by atoms with van der Waals surface area (Å²) >= 11 is -3.20. The minimum atomic E-state index is -3.20. The van der Waals surface area contributed by atoms with Crippen molar-refractivity contribution in [1.82, 2.24) is 0 Å². The molecule has 0 radical (unpaired) electrons. The van der Waals surface area contributed by atoms with Crippen molar-refractivity contribution in [3.05, 3.63) is 71.8 Å². The van der Waals surface area contributed by atoms with E-state index in [1.165, 1.54) is 0 Å². The predicted octanol–water partition coefficient (Wildman–Crippen LogP) is 6.88. The van der Waals surface area contributed by atoms with Crippen LogP contribution in [0.4, 0.5) is 22.7 Å². The van der Waals surface area contributed by atoms with Crippen molar-refractivity contribution in [2.75, 3.05) is 36.0 Å². The van der Waals surface area contributed by atoms with Crippen LogP contribution >= 0.6 is 9.64 Å². The number of fused-ring (bicyclic) bond motifs is 3. The van der Waals surface area contributed by atoms with Gasteiger partial charge in [0.25, 0.3) is 0 Å². The molecular formula is C28H32ClGaN4O2. The van der Waals surface area contributed by atoms with E-state index in [1.54, 1.807) is 0 Å². The molecule has 0 spiro atoms. The third-order valence-electron chi connectivity index (χ3n) is 6.26. The summed E-state index contributed by atoms with van der Waals surface area (Å²) < 4.78 is 12.7. The van der Waals surface area contributed by atoms with E-state index in [4.69, 9.17) is 26.7 Å². The van der Waals surface area contributed by atoms with Gasteiger partial charge < -0.3 is 0 Å². The number of benzene rings is 3. The molecule has 0 aliphatic carbocycles. The summed E-state index contributed by atoms with van der Waals surface area (Å²) in [5.74, 6) is 1.37. The van der Waals surface area contributed by atoms with Crippen LogP contribution < -0.4 is 16.9 Å². The Morgan fingerprint density at radius 1 is 0.667 bits per heavy atom. The third-order valence-corrected chi connectivity index (χ3v) is 9.03. The van der Waals surface area contributed by atoms with Gasteiger partial charge in [0.15, 0.2) is 0 Å². The molecule has 0 N–H and O–H groups in total. The Hall–Kier alpha value is -2.87. The second-order valence-corrected chi connectivity index (χ2v) is 12.3. The Morgan fingerprint density at radius 2 is 1.08 bits per heavy atom. The Morgan fingerprint density at radius 3 is 1.47 bits per heavy atom. The standard InChI is InChI=1S/C28H34N4O2.ClH.Ga/c1-5-31(6-2)23-15-13-21(27(33)17-23)19-29-25-11-9-10-12-26(25)30-20-22-14-16-24(18-28(22)34)32(7-3)8-4;;/h9-20,33-34H,5-8H2,1-4H3;1H;/q;;+3/p-3. The van der Waals surface area contributed by atoms with Crippen molar-refractivity contribution in [2.24, 2.45) is 9.98 Å². The van der Waals surface area contributed by atoms with Gasteiger partial charge in [0, 0.05) is 0 Å². The number of rotatable bonds is 6. The maximum absolute atomic E-state index is 6.83. The van der Waals surface area contributed by atoms with Gasteiger partial charge in [0.1, 0.15) is 0 Å². The van der Waals surface area contributed by atoms with Gasteiger partial charge in [-0.2, -0.15) is 0 Å². The second kappa shape index (κ2) is 12.4. The molecular weight excluding hydrogens is 530 g/mol. The van der Waals surface area contributed by atoms with E-state index in [0.717, 1.165) is 60.1 Å². The van der Waals surface area contributed by atoms with Crippen molar-refractivity contribution in [3.8, 4) is 11.5 Å². The predicted molar refractivity (Wildman–Crippen MR) is 154 cm³/mol. The Labute approximate surface area is 224 Å². The van der Waals surface area contributed by atoms with Gasteiger partial charge in [-0.05, 0) is 0 Å². The van der Waals surface area contributed by atoms with E-state index < -0.39 is 15.9 Å². The Balaban J connectivity index is 1.83. The number of para-hydroxylation sites is 2. The van der Waals surface area contributed by atoms with Crippen LogP contribution in [0.25, 0.3) is 0 Å². The van der Waals surface area contributed by atoms with Crippen LogP contribution in [-0.2, 0) is 0 Å². The van der Waals surface area contributed by atoms with Crippen molar-refractivity contribution in [2.45, 2.75) is 27.7 Å². The molecule has 36 heavy (non-hydrogen) atoms. The van der Waals surface area contributed by atoms with Gasteiger partial charge in [-0.25, -0.2) is 0 Å². The van der Waals surface area contributed by atoms with Gasteiger partial charge in [0.2, 0.25) is 0 Å². The zero-order chi connectivity index (χ0) is 25.5. The van der Waals surface area contributed by atoms with Gasteiger partial charge in [0.05, 0.1) is 0 Å². The van der Waals surface area contributed by atoms with Crippen molar-refractivity contribution >= 4 is 60.8 Å². The zero-order valence-electron chi connectivity index (χ0n) is 21.3. The van der Waals surface area contributed by atoms with E-state index in [-0.39, 0.29) is 0 Å². The molecule has 1 aliphatic rings. The second-order valence-electron chi connectivity index (χ2n) is 8.30. The topological polar surface area (TPSA) is 49.7 Å². The first kappa shape index (κ1) is 26.2. The molecule has 0 amide bonds. The molecule has 1 heterocycles. The molecule has 3 aromatic carbocycles. The molecule has 186 valence electrons. The van der Waals surface area contributed by atoms with E-state index >= 15 is 0 Å². The molecule has 0 aromatic heterocycles. The first-order valence-electron chi connectivity index (χ1n) is 12.5. The molecule has 0 atom stereocenters. The molecule has 4 rings (SSSR count). The summed E-state index contributed by atoms with van der Waals surface area (Å²) in [5.41, 5.74) is 5.41. The van der Waals surface area contributed by atoms with E-state index in [9.17, 15) is 0 Å². The fourth-order valence-corrected chi connectivity index (χ4v) is 7.01. The SMILES string of the molecule is CCN(CC)c1ccc2c(c1)[O][Ga]([Cl])[O]c1cc(N(CC)CC)ccc1C=Nc1ccccc1N=C2. The molecule has 1 aliphatic heterocycles. The number of nitrogens with zero attached hydrogens (tertiary/aromatic N) is 4. The molecule has 0 unspecified atom stereocenters. The van der Waals surface area contributed by atoms with E-state index in [0.29, 0.717) is 11.5 Å². The van der Waals surface area contributed by atoms with Gasteiger partial charge in [-0.1, -0.05) is 0 Å². The quantitative estimate of drug-likeness (QED) is 0.308. The zero-order valence-corrected chi connectivity index (χ0v) is 24.5. The number of anilines is 2. The van der Waals surface area contributed by atoms with Crippen molar-refractivity contribution < 1.29 is 7.06 Å². The number of hydrogen-bond acceptors (Lipinski definition) is 6. The molecule has 6 nitrogen and oxygen atoms in total. The summed E-state index contributed by atoms with van der Waals surface area (Å²) in [4.78, 5) is 14.0. The Bertz CT molecular complexity index is 1150. The van der Waals surface area contributed by atoms with Crippen molar-refractivity contribution in [1.29, 1.82) is 0 Å². The average molecular weight is 562 g/mol. The fraction of sp³-hybridized carbons (Fsp3) is 0.286. The first-order valence-corrected chi connectivity index (χ1v) is 17.6. The van der Waals surface area contributed by atoms with Crippen LogP contribution in [0.2, 0.25) is 0 Å². The summed E-state index contributed by atoms with van der Waals surface area (Å²) in [6.45, 7) is 12.2. The fourth-order valence-electron chi connectivity index (χ4n) is 4.22. The Kier molecular flexibility index (Phi) is 9.01. The van der Waals surface area contributed by atoms with E-state index in [1.807, 2.05) is 61.0 Å². The summed E-state index contributed by atoms with van der Waals surface area (Å²) in [5, 5.41) is 0.